The highest BCUT2D eigenvalue weighted by Gasteiger charge is 2.34. The van der Waals surface area contributed by atoms with Gasteiger partial charge in [-0.2, -0.15) is 0 Å². The van der Waals surface area contributed by atoms with E-state index < -0.39 is 11.8 Å². The zero-order valence-electron chi connectivity index (χ0n) is 18.1. The minimum absolute atomic E-state index is 0.00850. The minimum atomic E-state index is -0.532. The molecule has 1 unspecified atom stereocenters. The van der Waals surface area contributed by atoms with Gasteiger partial charge in [0.05, 0.1) is 18.9 Å². The molecule has 6 nitrogen and oxygen atoms in total. The number of hydrogen-bond acceptors (Lipinski definition) is 5. The van der Waals surface area contributed by atoms with Crippen LogP contribution in [-0.2, 0) is 16.0 Å². The standard InChI is InChI=1S/C24H26N2O4S/c1-5-15(3)30-20-12-9-17(14-21(20)29-4)13-19-22(27)25-24(31)26(23(19)28)18-10-7-16(6-2)8-11-18/h7-15H,5-6H2,1-4H3,(H,25,27,31)/b19-13+. The molecule has 0 aliphatic carbocycles. The van der Waals surface area contributed by atoms with Crippen molar-refractivity contribution in [2.45, 2.75) is 39.7 Å². The van der Waals surface area contributed by atoms with Crippen molar-refractivity contribution < 1.29 is 19.1 Å². The molecule has 2 aromatic rings. The highest BCUT2D eigenvalue weighted by Crippen LogP contribution is 2.31. The fourth-order valence-corrected chi connectivity index (χ4v) is 3.39. The van der Waals surface area contributed by atoms with Gasteiger partial charge in [-0.3, -0.25) is 19.8 Å². The smallest absolute Gasteiger partial charge is 0.270 e. The van der Waals surface area contributed by atoms with Gasteiger partial charge in [-0.25, -0.2) is 0 Å². The quantitative estimate of drug-likeness (QED) is 0.397. The van der Waals surface area contributed by atoms with E-state index in [2.05, 4.69) is 12.2 Å². The van der Waals surface area contributed by atoms with Gasteiger partial charge in [0.25, 0.3) is 11.8 Å². The number of methoxy groups -OCH3 is 1. The number of hydrogen-bond donors (Lipinski definition) is 1. The average Bonchev–Trinajstić information content (AvgIpc) is 2.77. The molecule has 1 saturated heterocycles. The van der Waals surface area contributed by atoms with E-state index in [1.54, 1.807) is 25.3 Å². The largest absolute Gasteiger partial charge is 0.493 e. The number of carbonyl (C=O) groups excluding carboxylic acids is 2. The fraction of sp³-hybridized carbons (Fsp3) is 0.292. The Balaban J connectivity index is 1.93. The molecule has 1 fully saturated rings. The van der Waals surface area contributed by atoms with E-state index in [0.717, 1.165) is 18.4 Å². The van der Waals surface area contributed by atoms with Crippen molar-refractivity contribution in [2.24, 2.45) is 0 Å². The van der Waals surface area contributed by atoms with Crippen molar-refractivity contribution in [3.63, 3.8) is 0 Å². The van der Waals surface area contributed by atoms with Crippen LogP contribution >= 0.6 is 12.2 Å². The summed E-state index contributed by atoms with van der Waals surface area (Å²) >= 11 is 5.26. The summed E-state index contributed by atoms with van der Waals surface area (Å²) in [5.41, 5.74) is 2.38. The zero-order valence-corrected chi connectivity index (χ0v) is 18.9. The predicted molar refractivity (Wildman–Crippen MR) is 125 cm³/mol. The molecule has 0 bridgehead atoms. The third-order valence-electron chi connectivity index (χ3n) is 5.11. The second-order valence-corrected chi connectivity index (χ2v) is 7.61. The topological polar surface area (TPSA) is 67.9 Å². The maximum absolute atomic E-state index is 13.2. The Labute approximate surface area is 187 Å². The minimum Gasteiger partial charge on any atom is -0.493 e. The number of benzene rings is 2. The number of nitrogens with zero attached hydrogens (tertiary/aromatic N) is 1. The van der Waals surface area contributed by atoms with E-state index in [9.17, 15) is 9.59 Å². The van der Waals surface area contributed by atoms with E-state index in [0.29, 0.717) is 22.7 Å². The summed E-state index contributed by atoms with van der Waals surface area (Å²) in [6, 6.07) is 12.8. The summed E-state index contributed by atoms with van der Waals surface area (Å²) in [5, 5.41) is 2.67. The van der Waals surface area contributed by atoms with Gasteiger partial charge in [-0.05, 0) is 73.5 Å². The third kappa shape index (κ3) is 4.94. The molecule has 1 N–H and O–H groups in total. The second kappa shape index (κ2) is 9.75. The summed E-state index contributed by atoms with van der Waals surface area (Å²) in [6.07, 6.45) is 3.32. The van der Waals surface area contributed by atoms with Gasteiger partial charge in [0, 0.05) is 0 Å². The zero-order chi connectivity index (χ0) is 22.5. The molecule has 162 valence electrons. The molecule has 0 radical (unpaired) electrons. The number of rotatable bonds is 7. The van der Waals surface area contributed by atoms with Crippen LogP contribution in [0.3, 0.4) is 0 Å². The molecule has 0 saturated carbocycles. The monoisotopic (exact) mass is 438 g/mol. The van der Waals surface area contributed by atoms with Crippen molar-refractivity contribution in [1.29, 1.82) is 0 Å². The van der Waals surface area contributed by atoms with E-state index in [4.69, 9.17) is 21.7 Å². The summed E-state index contributed by atoms with van der Waals surface area (Å²) in [5.74, 6) is 0.130. The summed E-state index contributed by atoms with van der Waals surface area (Å²) in [4.78, 5) is 27.0. The number of ether oxygens (including phenoxy) is 2. The first-order valence-electron chi connectivity index (χ1n) is 10.2. The lowest BCUT2D eigenvalue weighted by Crippen LogP contribution is -2.54. The lowest BCUT2D eigenvalue weighted by molar-refractivity contribution is -0.122. The van der Waals surface area contributed by atoms with E-state index in [1.807, 2.05) is 38.1 Å². The fourth-order valence-electron chi connectivity index (χ4n) is 3.11. The van der Waals surface area contributed by atoms with Crippen LogP contribution in [-0.4, -0.2) is 30.1 Å². The Morgan fingerprint density at radius 3 is 2.42 bits per heavy atom. The third-order valence-corrected chi connectivity index (χ3v) is 5.39. The van der Waals surface area contributed by atoms with Crippen LogP contribution in [0.2, 0.25) is 0 Å². The molecule has 1 heterocycles. The summed E-state index contributed by atoms with van der Waals surface area (Å²) in [6.45, 7) is 6.07. The Morgan fingerprint density at radius 1 is 1.10 bits per heavy atom. The van der Waals surface area contributed by atoms with Gasteiger partial charge in [-0.15, -0.1) is 0 Å². The normalized spacial score (nSPS) is 16.3. The molecular weight excluding hydrogens is 412 g/mol. The molecular formula is C24H26N2O4S. The second-order valence-electron chi connectivity index (χ2n) is 7.22. The van der Waals surface area contributed by atoms with Crippen molar-refractivity contribution >= 4 is 40.9 Å². The van der Waals surface area contributed by atoms with Crippen LogP contribution in [0.1, 0.15) is 38.3 Å². The molecule has 1 aliphatic heterocycles. The first-order valence-corrected chi connectivity index (χ1v) is 10.6. The van der Waals surface area contributed by atoms with Crippen LogP contribution in [0.4, 0.5) is 5.69 Å². The number of nitrogens with one attached hydrogen (secondary N) is 1. The summed E-state index contributed by atoms with van der Waals surface area (Å²) in [7, 11) is 1.55. The number of thiocarbonyl (C=S) groups is 1. The number of amides is 2. The first kappa shape index (κ1) is 22.5. The van der Waals surface area contributed by atoms with Gasteiger partial charge in [-0.1, -0.05) is 32.0 Å². The van der Waals surface area contributed by atoms with Crippen molar-refractivity contribution in [3.05, 3.63) is 59.2 Å². The number of aryl methyl sites for hydroxylation is 1. The van der Waals surface area contributed by atoms with Gasteiger partial charge in [0.15, 0.2) is 16.6 Å². The lowest BCUT2D eigenvalue weighted by Gasteiger charge is -2.29. The molecule has 2 aromatic carbocycles. The summed E-state index contributed by atoms with van der Waals surface area (Å²) < 4.78 is 11.3. The van der Waals surface area contributed by atoms with Gasteiger partial charge in [0.2, 0.25) is 0 Å². The predicted octanol–water partition coefficient (Wildman–Crippen LogP) is 4.27. The first-order chi connectivity index (χ1) is 14.9. The highest BCUT2D eigenvalue weighted by molar-refractivity contribution is 7.80. The molecule has 0 aromatic heterocycles. The Bertz CT molecular complexity index is 1030. The highest BCUT2D eigenvalue weighted by atomic mass is 32.1. The van der Waals surface area contributed by atoms with E-state index in [1.165, 1.54) is 11.0 Å². The van der Waals surface area contributed by atoms with Gasteiger partial charge < -0.3 is 9.47 Å². The molecule has 0 spiro atoms. The van der Waals surface area contributed by atoms with Crippen LogP contribution in [0.5, 0.6) is 11.5 Å². The average molecular weight is 439 g/mol. The molecule has 3 rings (SSSR count). The Morgan fingerprint density at radius 2 is 1.81 bits per heavy atom. The molecule has 1 atom stereocenters. The van der Waals surface area contributed by atoms with E-state index >= 15 is 0 Å². The van der Waals surface area contributed by atoms with Crippen LogP contribution in [0, 0.1) is 0 Å². The van der Waals surface area contributed by atoms with Gasteiger partial charge >= 0.3 is 0 Å². The molecule has 1 aliphatic rings. The molecule has 2 amide bonds. The van der Waals surface area contributed by atoms with Crippen LogP contribution in [0.15, 0.2) is 48.0 Å². The van der Waals surface area contributed by atoms with E-state index in [-0.39, 0.29) is 16.8 Å². The molecule has 31 heavy (non-hydrogen) atoms. The maximum atomic E-state index is 13.2. The Hall–Kier alpha value is -3.19. The van der Waals surface area contributed by atoms with Crippen molar-refractivity contribution in [1.82, 2.24) is 5.32 Å². The number of anilines is 1. The van der Waals surface area contributed by atoms with Crippen LogP contribution < -0.4 is 19.7 Å². The number of carbonyl (C=O) groups is 2. The van der Waals surface area contributed by atoms with Crippen LogP contribution in [0.25, 0.3) is 6.08 Å². The SMILES string of the molecule is CCc1ccc(N2C(=O)/C(=C/c3ccc(OC(C)CC)c(OC)c3)C(=O)NC2=S)cc1. The maximum Gasteiger partial charge on any atom is 0.270 e. The molecule has 7 heteroatoms. The lowest BCUT2D eigenvalue weighted by atomic mass is 10.1. The Kier molecular flexibility index (Phi) is 7.07. The van der Waals surface area contributed by atoms with Crippen molar-refractivity contribution in [3.8, 4) is 11.5 Å². The van der Waals surface area contributed by atoms with Gasteiger partial charge in [0.1, 0.15) is 5.57 Å². The van der Waals surface area contributed by atoms with Crippen molar-refractivity contribution in [2.75, 3.05) is 12.0 Å².